The van der Waals surface area contributed by atoms with Gasteiger partial charge in [-0.2, -0.15) is 0 Å². The molecule has 0 spiro atoms. The second-order valence-electron chi connectivity index (χ2n) is 8.56. The predicted octanol–water partition coefficient (Wildman–Crippen LogP) is 3.98. The standard InChI is InChI=1S/C24H25N3O7/c1-13(28)19-17-11-10-16(12-18(17)27(20(19)29)34-22(31)24(2,3)4)26-23(32)25-15-8-6-14(7-9-15)21(30)33-5/h6-12,29H,1-5H3,(H2,25,26,32). The Morgan fingerprint density at radius 2 is 1.53 bits per heavy atom. The molecular weight excluding hydrogens is 442 g/mol. The van der Waals surface area contributed by atoms with Gasteiger partial charge < -0.3 is 25.3 Å². The summed E-state index contributed by atoms with van der Waals surface area (Å²) in [5.74, 6) is -2.04. The van der Waals surface area contributed by atoms with Gasteiger partial charge in [-0.1, -0.05) is 0 Å². The molecule has 2 amide bonds. The maximum Gasteiger partial charge on any atom is 0.338 e. The lowest BCUT2D eigenvalue weighted by atomic mass is 9.98. The fourth-order valence-corrected chi connectivity index (χ4v) is 3.09. The summed E-state index contributed by atoms with van der Waals surface area (Å²) in [7, 11) is 1.28. The average Bonchev–Trinajstić information content (AvgIpc) is 3.04. The van der Waals surface area contributed by atoms with Crippen molar-refractivity contribution < 1.29 is 33.9 Å². The van der Waals surface area contributed by atoms with E-state index in [9.17, 15) is 24.3 Å². The van der Waals surface area contributed by atoms with Gasteiger partial charge in [-0.25, -0.2) is 14.4 Å². The van der Waals surface area contributed by atoms with Crippen LogP contribution in [0.1, 0.15) is 48.4 Å². The molecular formula is C24H25N3O7. The first kappa shape index (κ1) is 24.3. The fourth-order valence-electron chi connectivity index (χ4n) is 3.09. The second kappa shape index (κ2) is 9.26. The zero-order valence-electron chi connectivity index (χ0n) is 19.4. The van der Waals surface area contributed by atoms with Crippen molar-refractivity contribution in [2.45, 2.75) is 27.7 Å². The number of ketones is 1. The molecule has 3 rings (SSSR count). The third kappa shape index (κ3) is 5.01. The van der Waals surface area contributed by atoms with Crippen molar-refractivity contribution in [1.29, 1.82) is 0 Å². The van der Waals surface area contributed by atoms with Crippen LogP contribution in [0.15, 0.2) is 42.5 Å². The van der Waals surface area contributed by atoms with E-state index >= 15 is 0 Å². The van der Waals surface area contributed by atoms with E-state index < -0.39 is 35.0 Å². The molecule has 0 bridgehead atoms. The van der Waals surface area contributed by atoms with Crippen molar-refractivity contribution in [3.05, 3.63) is 53.6 Å². The largest absolute Gasteiger partial charge is 0.492 e. The summed E-state index contributed by atoms with van der Waals surface area (Å²) in [6.45, 7) is 6.24. The van der Waals surface area contributed by atoms with E-state index in [1.165, 1.54) is 38.3 Å². The number of urea groups is 1. The van der Waals surface area contributed by atoms with Gasteiger partial charge in [-0.05, 0) is 70.2 Å². The Bertz CT molecular complexity index is 1280. The van der Waals surface area contributed by atoms with E-state index in [2.05, 4.69) is 15.4 Å². The summed E-state index contributed by atoms with van der Waals surface area (Å²) in [5.41, 5.74) is 0.449. The SMILES string of the molecule is COC(=O)c1ccc(NC(=O)Nc2ccc3c(C(C)=O)c(O)n(OC(=O)C(C)(C)C)c3c2)cc1. The number of Topliss-reactive ketones (excluding diaryl/α,β-unsaturated/α-hetero) is 1. The molecule has 3 aromatic rings. The van der Waals surface area contributed by atoms with Crippen LogP contribution in [0.25, 0.3) is 10.9 Å². The topological polar surface area (TPSA) is 136 Å². The number of ether oxygens (including phenoxy) is 1. The summed E-state index contributed by atoms with van der Waals surface area (Å²) >= 11 is 0. The van der Waals surface area contributed by atoms with Crippen LogP contribution >= 0.6 is 0 Å². The number of esters is 1. The van der Waals surface area contributed by atoms with Crippen LogP contribution in [-0.2, 0) is 9.53 Å². The average molecular weight is 467 g/mol. The number of carbonyl (C=O) groups excluding carboxylic acids is 4. The van der Waals surface area contributed by atoms with Crippen molar-refractivity contribution in [3.63, 3.8) is 0 Å². The molecule has 10 heteroatoms. The van der Waals surface area contributed by atoms with Crippen LogP contribution in [0.4, 0.5) is 16.2 Å². The van der Waals surface area contributed by atoms with E-state index in [1.54, 1.807) is 39.0 Å². The van der Waals surface area contributed by atoms with Crippen molar-refractivity contribution >= 4 is 46.0 Å². The molecule has 0 aliphatic rings. The highest BCUT2D eigenvalue weighted by Gasteiger charge is 2.28. The van der Waals surface area contributed by atoms with Gasteiger partial charge in [0.1, 0.15) is 0 Å². The Labute approximate surface area is 195 Å². The molecule has 10 nitrogen and oxygen atoms in total. The van der Waals surface area contributed by atoms with Crippen molar-refractivity contribution in [2.24, 2.45) is 5.41 Å². The van der Waals surface area contributed by atoms with Gasteiger partial charge >= 0.3 is 18.0 Å². The highest BCUT2D eigenvalue weighted by Crippen LogP contribution is 2.33. The Balaban J connectivity index is 1.88. The molecule has 3 N–H and O–H groups in total. The minimum absolute atomic E-state index is 0.00148. The Kier molecular flexibility index (Phi) is 6.62. The Hall–Kier alpha value is -4.34. The molecule has 0 radical (unpaired) electrons. The number of aromatic hydroxyl groups is 1. The highest BCUT2D eigenvalue weighted by molar-refractivity contribution is 6.10. The number of benzene rings is 2. The summed E-state index contributed by atoms with van der Waals surface area (Å²) < 4.78 is 5.52. The molecule has 1 aromatic heterocycles. The number of nitrogens with one attached hydrogen (secondary N) is 2. The monoisotopic (exact) mass is 467 g/mol. The van der Waals surface area contributed by atoms with E-state index in [0.29, 0.717) is 22.3 Å². The van der Waals surface area contributed by atoms with Gasteiger partial charge in [0.25, 0.3) is 0 Å². The van der Waals surface area contributed by atoms with Crippen molar-refractivity contribution in [3.8, 4) is 5.88 Å². The van der Waals surface area contributed by atoms with E-state index in [1.807, 2.05) is 0 Å². The Morgan fingerprint density at radius 3 is 2.09 bits per heavy atom. The number of fused-ring (bicyclic) bond motifs is 1. The summed E-state index contributed by atoms with van der Waals surface area (Å²) in [6, 6.07) is 10.1. The molecule has 0 unspecified atom stereocenters. The lowest BCUT2D eigenvalue weighted by molar-refractivity contribution is -0.153. The molecule has 0 saturated heterocycles. The molecule has 0 saturated carbocycles. The molecule has 178 valence electrons. The summed E-state index contributed by atoms with van der Waals surface area (Å²) in [4.78, 5) is 53.9. The Morgan fingerprint density at radius 1 is 0.941 bits per heavy atom. The van der Waals surface area contributed by atoms with Crippen LogP contribution in [0.3, 0.4) is 0 Å². The molecule has 2 aromatic carbocycles. The van der Waals surface area contributed by atoms with Crippen LogP contribution < -0.4 is 15.5 Å². The lowest BCUT2D eigenvalue weighted by Crippen LogP contribution is -2.31. The molecule has 0 aliphatic heterocycles. The summed E-state index contributed by atoms with van der Waals surface area (Å²) in [6.07, 6.45) is 0. The number of hydrogen-bond acceptors (Lipinski definition) is 7. The number of hydrogen-bond donors (Lipinski definition) is 3. The lowest BCUT2D eigenvalue weighted by Gasteiger charge is -2.17. The number of carbonyl (C=O) groups is 4. The van der Waals surface area contributed by atoms with Crippen molar-refractivity contribution in [2.75, 3.05) is 17.7 Å². The number of rotatable bonds is 5. The van der Waals surface area contributed by atoms with E-state index in [4.69, 9.17) is 4.84 Å². The highest BCUT2D eigenvalue weighted by atomic mass is 16.7. The van der Waals surface area contributed by atoms with Gasteiger partial charge in [-0.3, -0.25) is 4.79 Å². The van der Waals surface area contributed by atoms with Crippen LogP contribution in [0, 0.1) is 5.41 Å². The van der Waals surface area contributed by atoms with Crippen LogP contribution in [0.5, 0.6) is 5.88 Å². The summed E-state index contributed by atoms with van der Waals surface area (Å²) in [5, 5.41) is 16.2. The predicted molar refractivity (Wildman–Crippen MR) is 125 cm³/mol. The van der Waals surface area contributed by atoms with Gasteiger partial charge in [0, 0.05) is 16.8 Å². The fraction of sp³-hybridized carbons (Fsp3) is 0.250. The van der Waals surface area contributed by atoms with Crippen LogP contribution in [0.2, 0.25) is 0 Å². The zero-order valence-corrected chi connectivity index (χ0v) is 19.4. The van der Waals surface area contributed by atoms with E-state index in [0.717, 1.165) is 4.73 Å². The third-order valence-corrected chi connectivity index (χ3v) is 4.86. The quantitative estimate of drug-likeness (QED) is 0.381. The molecule has 0 fully saturated rings. The van der Waals surface area contributed by atoms with Gasteiger partial charge in [0.15, 0.2) is 5.78 Å². The van der Waals surface area contributed by atoms with Crippen LogP contribution in [-0.4, -0.2) is 40.7 Å². The molecule has 1 heterocycles. The van der Waals surface area contributed by atoms with Crippen molar-refractivity contribution in [1.82, 2.24) is 4.73 Å². The number of nitrogens with zero attached hydrogens (tertiary/aromatic N) is 1. The third-order valence-electron chi connectivity index (χ3n) is 4.86. The minimum Gasteiger partial charge on any atom is -0.492 e. The minimum atomic E-state index is -0.863. The van der Waals surface area contributed by atoms with Gasteiger partial charge in [-0.15, -0.1) is 4.73 Å². The maximum atomic E-state index is 12.5. The first-order valence-corrected chi connectivity index (χ1v) is 10.3. The second-order valence-corrected chi connectivity index (χ2v) is 8.56. The first-order chi connectivity index (χ1) is 15.9. The first-order valence-electron chi connectivity index (χ1n) is 10.3. The number of methoxy groups -OCH3 is 1. The molecule has 0 aliphatic carbocycles. The zero-order chi connectivity index (χ0) is 25.2. The number of aromatic nitrogens is 1. The van der Waals surface area contributed by atoms with E-state index in [-0.39, 0.29) is 11.1 Å². The normalized spacial score (nSPS) is 11.1. The number of amides is 2. The van der Waals surface area contributed by atoms with Gasteiger partial charge in [0.2, 0.25) is 5.88 Å². The smallest absolute Gasteiger partial charge is 0.338 e. The molecule has 0 atom stereocenters. The maximum absolute atomic E-state index is 12.5. The number of anilines is 2. The van der Waals surface area contributed by atoms with Gasteiger partial charge in [0.05, 0.1) is 29.2 Å². The molecule has 34 heavy (non-hydrogen) atoms.